The number of hydrogen-bond acceptors (Lipinski definition) is 2. The van der Waals surface area contributed by atoms with Crippen molar-refractivity contribution in [2.24, 2.45) is 0 Å². The molecule has 0 saturated heterocycles. The van der Waals surface area contributed by atoms with Gasteiger partial charge in [0, 0.05) is 0 Å². The molecule has 0 fully saturated rings. The van der Waals surface area contributed by atoms with Crippen molar-refractivity contribution in [3.8, 4) is 0 Å². The first-order valence-corrected chi connectivity index (χ1v) is 4.30. The summed E-state index contributed by atoms with van der Waals surface area (Å²) < 4.78 is 61.8. The molecule has 0 aromatic carbocycles. The fourth-order valence-electron chi connectivity index (χ4n) is 1.08. The topological polar surface area (TPSA) is 33.1 Å². The van der Waals surface area contributed by atoms with Crippen molar-refractivity contribution >= 4 is 11.6 Å². The summed E-state index contributed by atoms with van der Waals surface area (Å²) in [7, 11) is 0. The number of nitrogens with zero attached hydrogens (tertiary/aromatic N) is 1. The Morgan fingerprint density at radius 1 is 1.38 bits per heavy atom. The van der Waals surface area contributed by atoms with Gasteiger partial charge in [-0.1, -0.05) is 11.6 Å². The summed E-state index contributed by atoms with van der Waals surface area (Å²) in [6.45, 7) is -0.813. The minimum absolute atomic E-state index is 0.415. The fraction of sp³-hybridized carbons (Fsp3) is 0.375. The molecule has 0 saturated carbocycles. The quantitative estimate of drug-likeness (QED) is 0.830. The van der Waals surface area contributed by atoms with Gasteiger partial charge in [-0.2, -0.15) is 13.2 Å². The highest BCUT2D eigenvalue weighted by Crippen LogP contribution is 2.38. The SMILES string of the molecule is OCc1cc(Cl)c(C(F)F)c(C(F)(F)F)n1. The van der Waals surface area contributed by atoms with E-state index in [0.717, 1.165) is 6.07 Å². The number of rotatable bonds is 2. The second-order valence-corrected chi connectivity index (χ2v) is 3.22. The number of aliphatic hydroxyl groups is 1. The molecule has 0 aliphatic rings. The highest BCUT2D eigenvalue weighted by molar-refractivity contribution is 6.31. The van der Waals surface area contributed by atoms with Gasteiger partial charge in [0.15, 0.2) is 5.69 Å². The molecule has 0 aliphatic carbocycles. The molecule has 2 nitrogen and oxygen atoms in total. The Hall–Kier alpha value is -0.950. The molecule has 90 valence electrons. The second-order valence-electron chi connectivity index (χ2n) is 2.81. The van der Waals surface area contributed by atoms with E-state index in [1.807, 2.05) is 0 Å². The van der Waals surface area contributed by atoms with Crippen LogP contribution in [0.3, 0.4) is 0 Å². The van der Waals surface area contributed by atoms with Crippen molar-refractivity contribution in [2.75, 3.05) is 0 Å². The lowest BCUT2D eigenvalue weighted by Crippen LogP contribution is -2.14. The van der Waals surface area contributed by atoms with Crippen LogP contribution in [0.1, 0.15) is 23.4 Å². The first kappa shape index (κ1) is 13.1. The molecule has 0 aliphatic heterocycles. The number of halogens is 6. The molecule has 0 unspecified atom stereocenters. The Labute approximate surface area is 91.7 Å². The van der Waals surface area contributed by atoms with Crippen LogP contribution >= 0.6 is 11.6 Å². The van der Waals surface area contributed by atoms with Gasteiger partial charge in [-0.3, -0.25) is 0 Å². The molecule has 0 bridgehead atoms. The lowest BCUT2D eigenvalue weighted by atomic mass is 10.1. The van der Waals surface area contributed by atoms with Gasteiger partial charge in [0.05, 0.1) is 22.9 Å². The Morgan fingerprint density at radius 2 is 1.94 bits per heavy atom. The highest BCUT2D eigenvalue weighted by Gasteiger charge is 2.39. The summed E-state index contributed by atoms with van der Waals surface area (Å²) in [4.78, 5) is 2.91. The summed E-state index contributed by atoms with van der Waals surface area (Å²) in [5.41, 5.74) is -3.55. The van der Waals surface area contributed by atoms with Crippen LogP contribution < -0.4 is 0 Å². The van der Waals surface area contributed by atoms with Gasteiger partial charge in [-0.15, -0.1) is 0 Å². The van der Waals surface area contributed by atoms with Crippen molar-refractivity contribution in [3.05, 3.63) is 28.0 Å². The third kappa shape index (κ3) is 2.59. The maximum absolute atomic E-state index is 12.4. The molecule has 0 radical (unpaired) electrons. The van der Waals surface area contributed by atoms with Crippen LogP contribution in [0.4, 0.5) is 22.0 Å². The number of hydrogen-bond donors (Lipinski definition) is 1. The molecule has 1 aromatic rings. The molecule has 1 rings (SSSR count). The van der Waals surface area contributed by atoms with Gasteiger partial charge in [0.25, 0.3) is 6.43 Å². The van der Waals surface area contributed by atoms with Crippen LogP contribution in [-0.4, -0.2) is 10.1 Å². The normalized spacial score (nSPS) is 12.2. The summed E-state index contributed by atoms with van der Waals surface area (Å²) in [6, 6.07) is 0.776. The predicted molar refractivity (Wildman–Crippen MR) is 45.1 cm³/mol. The van der Waals surface area contributed by atoms with Gasteiger partial charge in [-0.05, 0) is 6.07 Å². The molecule has 1 N–H and O–H groups in total. The van der Waals surface area contributed by atoms with Gasteiger partial charge >= 0.3 is 6.18 Å². The fourth-order valence-corrected chi connectivity index (χ4v) is 1.38. The molecule has 16 heavy (non-hydrogen) atoms. The molecule has 1 heterocycles. The number of pyridine rings is 1. The maximum Gasteiger partial charge on any atom is 0.433 e. The van der Waals surface area contributed by atoms with E-state index in [-0.39, 0.29) is 0 Å². The van der Waals surface area contributed by atoms with E-state index in [0.29, 0.717) is 0 Å². The van der Waals surface area contributed by atoms with Crippen LogP contribution in [0.5, 0.6) is 0 Å². The van der Waals surface area contributed by atoms with Gasteiger partial charge in [0.1, 0.15) is 0 Å². The zero-order valence-electron chi connectivity index (χ0n) is 7.52. The predicted octanol–water partition coefficient (Wildman–Crippen LogP) is 3.18. The Balaban J connectivity index is 3.47. The lowest BCUT2D eigenvalue weighted by molar-refractivity contribution is -0.143. The zero-order valence-corrected chi connectivity index (χ0v) is 8.28. The summed E-state index contributed by atoms with van der Waals surface area (Å²) in [5, 5.41) is 7.84. The Kier molecular flexibility index (Phi) is 3.69. The van der Waals surface area contributed by atoms with Crippen LogP contribution in [0, 0.1) is 0 Å². The van der Waals surface area contributed by atoms with Gasteiger partial charge in [-0.25, -0.2) is 13.8 Å². The van der Waals surface area contributed by atoms with Crippen LogP contribution in [0.15, 0.2) is 6.07 Å². The van der Waals surface area contributed by atoms with Gasteiger partial charge < -0.3 is 5.11 Å². The molecule has 0 spiro atoms. The van der Waals surface area contributed by atoms with E-state index in [1.165, 1.54) is 0 Å². The van der Waals surface area contributed by atoms with E-state index in [2.05, 4.69) is 4.98 Å². The third-order valence-corrected chi connectivity index (χ3v) is 2.02. The third-order valence-electron chi connectivity index (χ3n) is 1.71. The van der Waals surface area contributed by atoms with Crippen LogP contribution in [0.25, 0.3) is 0 Å². The van der Waals surface area contributed by atoms with Crippen molar-refractivity contribution in [1.82, 2.24) is 4.98 Å². The number of aliphatic hydroxyl groups excluding tert-OH is 1. The molecule has 1 aromatic heterocycles. The Bertz CT molecular complexity index is 393. The number of aromatic nitrogens is 1. The highest BCUT2D eigenvalue weighted by atomic mass is 35.5. The smallest absolute Gasteiger partial charge is 0.390 e. The molecule has 0 amide bonds. The van der Waals surface area contributed by atoms with Crippen LogP contribution in [0.2, 0.25) is 5.02 Å². The minimum Gasteiger partial charge on any atom is -0.390 e. The van der Waals surface area contributed by atoms with Crippen molar-refractivity contribution in [1.29, 1.82) is 0 Å². The second kappa shape index (κ2) is 4.50. The van der Waals surface area contributed by atoms with Crippen LogP contribution in [-0.2, 0) is 12.8 Å². The average molecular weight is 262 g/mol. The lowest BCUT2D eigenvalue weighted by Gasteiger charge is -2.13. The van der Waals surface area contributed by atoms with Crippen molar-refractivity contribution in [3.63, 3.8) is 0 Å². The van der Waals surface area contributed by atoms with E-state index in [1.54, 1.807) is 0 Å². The summed E-state index contributed by atoms with van der Waals surface area (Å²) >= 11 is 5.28. The first-order valence-electron chi connectivity index (χ1n) is 3.93. The standard InChI is InChI=1S/C8H5ClF5NO/c9-4-1-3(2-16)15-6(8(12,13)14)5(4)7(10)11/h1,7,16H,2H2. The van der Waals surface area contributed by atoms with E-state index in [9.17, 15) is 22.0 Å². The van der Waals surface area contributed by atoms with Crippen molar-refractivity contribution in [2.45, 2.75) is 19.2 Å². The summed E-state index contributed by atoms with van der Waals surface area (Å²) in [5.74, 6) is 0. The largest absolute Gasteiger partial charge is 0.433 e. The van der Waals surface area contributed by atoms with Gasteiger partial charge in [0.2, 0.25) is 0 Å². The van der Waals surface area contributed by atoms with E-state index < -0.39 is 41.2 Å². The summed E-state index contributed by atoms with van der Waals surface area (Å²) in [6.07, 6.45) is -8.43. The first-order chi connectivity index (χ1) is 7.27. The zero-order chi connectivity index (χ0) is 12.5. The van der Waals surface area contributed by atoms with E-state index >= 15 is 0 Å². The molecular formula is C8H5ClF5NO. The minimum atomic E-state index is -5.04. The molecular weight excluding hydrogens is 257 g/mol. The van der Waals surface area contributed by atoms with E-state index in [4.69, 9.17) is 16.7 Å². The van der Waals surface area contributed by atoms with Crippen molar-refractivity contribution < 1.29 is 27.1 Å². The average Bonchev–Trinajstić information content (AvgIpc) is 2.14. The molecule has 8 heteroatoms. The monoisotopic (exact) mass is 261 g/mol. The maximum atomic E-state index is 12.4. The number of alkyl halides is 5. The molecule has 0 atom stereocenters. The Morgan fingerprint density at radius 3 is 2.31 bits per heavy atom.